The van der Waals surface area contributed by atoms with Crippen LogP contribution in [0.2, 0.25) is 0 Å². The maximum Gasteiger partial charge on any atom is 0.191 e. The van der Waals surface area contributed by atoms with Crippen molar-refractivity contribution < 1.29 is 9.13 Å². The van der Waals surface area contributed by atoms with E-state index in [1.54, 1.807) is 20.2 Å². The van der Waals surface area contributed by atoms with Gasteiger partial charge in [-0.1, -0.05) is 24.3 Å². The number of aryl methyl sites for hydroxylation is 1. The Morgan fingerprint density at radius 3 is 2.35 bits per heavy atom. The number of guanidine groups is 1. The molecular formula is C18H22FN3O. The van der Waals surface area contributed by atoms with E-state index in [0.29, 0.717) is 19.0 Å². The van der Waals surface area contributed by atoms with Crippen molar-refractivity contribution in [2.24, 2.45) is 4.99 Å². The van der Waals surface area contributed by atoms with Gasteiger partial charge in [-0.25, -0.2) is 4.39 Å². The normalized spacial score (nSPS) is 11.2. The molecule has 0 spiro atoms. The molecule has 0 saturated carbocycles. The molecule has 0 aliphatic heterocycles. The van der Waals surface area contributed by atoms with E-state index in [9.17, 15) is 4.39 Å². The monoisotopic (exact) mass is 315 g/mol. The standard InChI is InChI=1S/C18H22FN3O/c1-13-9-15(7-8-17(13)23-3)12-22-18(20-2)21-11-14-5-4-6-16(19)10-14/h4-10H,11-12H2,1-3H3,(H2,20,21,22). The molecule has 2 N–H and O–H groups in total. The molecule has 0 heterocycles. The van der Waals surface area contributed by atoms with E-state index in [1.165, 1.54) is 12.1 Å². The third kappa shape index (κ3) is 4.98. The van der Waals surface area contributed by atoms with Crippen LogP contribution < -0.4 is 15.4 Å². The summed E-state index contributed by atoms with van der Waals surface area (Å²) in [6.07, 6.45) is 0. The number of hydrogen-bond acceptors (Lipinski definition) is 2. The SMILES string of the molecule is CN=C(NCc1cccc(F)c1)NCc1ccc(OC)c(C)c1. The molecule has 0 amide bonds. The Kier molecular flexibility index (Phi) is 5.97. The van der Waals surface area contributed by atoms with Crippen molar-refractivity contribution in [1.82, 2.24) is 10.6 Å². The minimum Gasteiger partial charge on any atom is -0.496 e. The van der Waals surface area contributed by atoms with Crippen LogP contribution >= 0.6 is 0 Å². The second kappa shape index (κ2) is 8.17. The maximum atomic E-state index is 13.2. The van der Waals surface area contributed by atoms with Crippen LogP contribution in [0.4, 0.5) is 4.39 Å². The quantitative estimate of drug-likeness (QED) is 0.658. The number of nitrogens with zero attached hydrogens (tertiary/aromatic N) is 1. The number of ether oxygens (including phenoxy) is 1. The molecule has 0 radical (unpaired) electrons. The predicted octanol–water partition coefficient (Wildman–Crippen LogP) is 3.01. The topological polar surface area (TPSA) is 45.7 Å². The summed E-state index contributed by atoms with van der Waals surface area (Å²) in [7, 11) is 3.37. The Bertz CT molecular complexity index is 686. The summed E-state index contributed by atoms with van der Waals surface area (Å²) >= 11 is 0. The van der Waals surface area contributed by atoms with Crippen molar-refractivity contribution in [2.45, 2.75) is 20.0 Å². The summed E-state index contributed by atoms with van der Waals surface area (Å²) in [5.41, 5.74) is 3.10. The van der Waals surface area contributed by atoms with Gasteiger partial charge in [0, 0.05) is 20.1 Å². The zero-order valence-corrected chi connectivity index (χ0v) is 13.7. The summed E-state index contributed by atoms with van der Waals surface area (Å²) < 4.78 is 18.4. The number of halogens is 1. The molecule has 0 unspecified atom stereocenters. The molecule has 0 bridgehead atoms. The fourth-order valence-electron chi connectivity index (χ4n) is 2.29. The Morgan fingerprint density at radius 1 is 1.09 bits per heavy atom. The van der Waals surface area contributed by atoms with Gasteiger partial charge >= 0.3 is 0 Å². The van der Waals surface area contributed by atoms with Crippen molar-refractivity contribution in [1.29, 1.82) is 0 Å². The summed E-state index contributed by atoms with van der Waals surface area (Å²) in [5.74, 6) is 1.31. The number of benzene rings is 2. The highest BCUT2D eigenvalue weighted by atomic mass is 19.1. The average molecular weight is 315 g/mol. The van der Waals surface area contributed by atoms with E-state index in [-0.39, 0.29) is 5.82 Å². The first-order valence-corrected chi connectivity index (χ1v) is 7.45. The summed E-state index contributed by atoms with van der Waals surface area (Å²) in [6.45, 7) is 3.17. The molecule has 5 heteroatoms. The highest BCUT2D eigenvalue weighted by Crippen LogP contribution is 2.18. The van der Waals surface area contributed by atoms with Gasteiger partial charge in [-0.2, -0.15) is 0 Å². The van der Waals surface area contributed by atoms with E-state index in [1.807, 2.05) is 25.1 Å². The summed E-state index contributed by atoms with van der Waals surface area (Å²) in [5, 5.41) is 6.41. The fraction of sp³-hybridized carbons (Fsp3) is 0.278. The molecule has 0 fully saturated rings. The second-order valence-corrected chi connectivity index (χ2v) is 5.21. The zero-order chi connectivity index (χ0) is 16.7. The van der Waals surface area contributed by atoms with Gasteiger partial charge in [-0.3, -0.25) is 4.99 Å². The first-order valence-electron chi connectivity index (χ1n) is 7.45. The first kappa shape index (κ1) is 16.8. The van der Waals surface area contributed by atoms with Gasteiger partial charge in [0.05, 0.1) is 7.11 Å². The Labute approximate surface area is 136 Å². The van der Waals surface area contributed by atoms with Crippen LogP contribution in [-0.2, 0) is 13.1 Å². The molecule has 23 heavy (non-hydrogen) atoms. The lowest BCUT2D eigenvalue weighted by molar-refractivity contribution is 0.411. The van der Waals surface area contributed by atoms with Crippen LogP contribution in [0.25, 0.3) is 0 Å². The third-order valence-electron chi connectivity index (χ3n) is 3.49. The van der Waals surface area contributed by atoms with Crippen LogP contribution in [0.3, 0.4) is 0 Å². The first-order chi connectivity index (χ1) is 11.1. The molecule has 0 saturated heterocycles. The summed E-state index contributed by atoms with van der Waals surface area (Å²) in [4.78, 5) is 4.17. The molecule has 2 aromatic rings. The van der Waals surface area contributed by atoms with Crippen LogP contribution in [-0.4, -0.2) is 20.1 Å². The Hall–Kier alpha value is -2.56. The lowest BCUT2D eigenvalue weighted by Gasteiger charge is -2.13. The fourth-order valence-corrected chi connectivity index (χ4v) is 2.29. The van der Waals surface area contributed by atoms with Crippen LogP contribution in [0.1, 0.15) is 16.7 Å². The van der Waals surface area contributed by atoms with E-state index in [2.05, 4.69) is 21.7 Å². The average Bonchev–Trinajstić information content (AvgIpc) is 2.55. The molecule has 122 valence electrons. The van der Waals surface area contributed by atoms with Crippen molar-refractivity contribution in [3.05, 3.63) is 65.0 Å². The number of nitrogens with one attached hydrogen (secondary N) is 2. The van der Waals surface area contributed by atoms with E-state index < -0.39 is 0 Å². The second-order valence-electron chi connectivity index (χ2n) is 5.21. The minimum atomic E-state index is -0.235. The van der Waals surface area contributed by atoms with Crippen LogP contribution in [0.5, 0.6) is 5.75 Å². The number of aliphatic imine (C=N–C) groups is 1. The highest BCUT2D eigenvalue weighted by molar-refractivity contribution is 5.79. The van der Waals surface area contributed by atoms with E-state index >= 15 is 0 Å². The van der Waals surface area contributed by atoms with Crippen LogP contribution in [0.15, 0.2) is 47.5 Å². The highest BCUT2D eigenvalue weighted by Gasteiger charge is 2.02. The molecule has 0 aliphatic rings. The van der Waals surface area contributed by atoms with Crippen LogP contribution in [0, 0.1) is 12.7 Å². The van der Waals surface area contributed by atoms with E-state index in [4.69, 9.17) is 4.74 Å². The molecule has 2 rings (SSSR count). The summed E-state index contributed by atoms with van der Waals surface area (Å²) in [6, 6.07) is 12.5. The molecule has 2 aromatic carbocycles. The van der Waals surface area contributed by atoms with Gasteiger partial charge in [0.15, 0.2) is 5.96 Å². The lowest BCUT2D eigenvalue weighted by atomic mass is 10.1. The molecule has 0 atom stereocenters. The van der Waals surface area contributed by atoms with E-state index in [0.717, 1.165) is 22.4 Å². The Balaban J connectivity index is 1.89. The van der Waals surface area contributed by atoms with Crippen molar-refractivity contribution in [2.75, 3.05) is 14.2 Å². The van der Waals surface area contributed by atoms with Gasteiger partial charge in [0.1, 0.15) is 11.6 Å². The zero-order valence-electron chi connectivity index (χ0n) is 13.7. The van der Waals surface area contributed by atoms with Crippen molar-refractivity contribution in [3.8, 4) is 5.75 Å². The number of methoxy groups -OCH3 is 1. The van der Waals surface area contributed by atoms with Gasteiger partial charge in [-0.15, -0.1) is 0 Å². The largest absolute Gasteiger partial charge is 0.496 e. The number of rotatable bonds is 5. The molecule has 0 aliphatic carbocycles. The van der Waals surface area contributed by atoms with Gasteiger partial charge in [0.2, 0.25) is 0 Å². The van der Waals surface area contributed by atoms with Gasteiger partial charge in [-0.05, 0) is 41.8 Å². The number of hydrogen-bond donors (Lipinski definition) is 2. The van der Waals surface area contributed by atoms with Crippen molar-refractivity contribution in [3.63, 3.8) is 0 Å². The maximum absolute atomic E-state index is 13.2. The van der Waals surface area contributed by atoms with Gasteiger partial charge in [0.25, 0.3) is 0 Å². The van der Waals surface area contributed by atoms with Crippen molar-refractivity contribution >= 4 is 5.96 Å². The minimum absolute atomic E-state index is 0.235. The lowest BCUT2D eigenvalue weighted by Crippen LogP contribution is -2.36. The molecular weight excluding hydrogens is 293 g/mol. The van der Waals surface area contributed by atoms with Gasteiger partial charge < -0.3 is 15.4 Å². The molecule has 4 nitrogen and oxygen atoms in total. The molecule has 0 aromatic heterocycles. The Morgan fingerprint density at radius 2 is 1.78 bits per heavy atom. The predicted molar refractivity (Wildman–Crippen MR) is 91.2 cm³/mol. The third-order valence-corrected chi connectivity index (χ3v) is 3.49. The smallest absolute Gasteiger partial charge is 0.191 e.